The molecule has 1 aliphatic heterocycles. The average molecular weight is 558 g/mol. The van der Waals surface area contributed by atoms with Crippen molar-refractivity contribution in [3.8, 4) is 6.07 Å². The SMILES string of the molecule is N#Cc1c(N2C(=O)C[C@H](Sc3cccc(NC(=O)/C=C/C(=O)O)c3)C2=O)sc2c1CC[C@@H](c1ccccc1)C2. The second kappa shape index (κ2) is 11.3. The van der Waals surface area contributed by atoms with E-state index < -0.39 is 17.1 Å². The van der Waals surface area contributed by atoms with Crippen molar-refractivity contribution in [1.82, 2.24) is 0 Å². The number of hydrogen-bond acceptors (Lipinski definition) is 7. The summed E-state index contributed by atoms with van der Waals surface area (Å²) in [6, 6.07) is 19.3. The largest absolute Gasteiger partial charge is 0.478 e. The van der Waals surface area contributed by atoms with Gasteiger partial charge < -0.3 is 10.4 Å². The Hall–Kier alpha value is -4.20. The highest BCUT2D eigenvalue weighted by molar-refractivity contribution is 8.00. The fourth-order valence-electron chi connectivity index (χ4n) is 4.91. The molecule has 1 aliphatic carbocycles. The number of carboxylic acid groups (broad SMARTS) is 1. The first-order valence-electron chi connectivity index (χ1n) is 12.3. The molecule has 10 heteroatoms. The molecule has 0 radical (unpaired) electrons. The number of carboxylic acids is 1. The summed E-state index contributed by atoms with van der Waals surface area (Å²) in [4.78, 5) is 51.9. The summed E-state index contributed by atoms with van der Waals surface area (Å²) >= 11 is 2.58. The van der Waals surface area contributed by atoms with Crippen LogP contribution in [0.4, 0.5) is 10.7 Å². The van der Waals surface area contributed by atoms with Crippen molar-refractivity contribution in [2.75, 3.05) is 10.2 Å². The van der Waals surface area contributed by atoms with Crippen LogP contribution in [0.1, 0.15) is 40.3 Å². The first-order valence-corrected chi connectivity index (χ1v) is 14.0. The minimum atomic E-state index is -1.23. The molecule has 3 aromatic rings. The number of thiophene rings is 1. The van der Waals surface area contributed by atoms with E-state index in [2.05, 4.69) is 23.5 Å². The monoisotopic (exact) mass is 557 g/mol. The standard InChI is InChI=1S/C29H23N3O5S2/c30-16-22-21-10-9-18(17-5-2-1-3-6-17)13-23(21)39-29(22)32-26(34)15-24(28(32)37)38-20-8-4-7-19(14-20)31-25(33)11-12-27(35)36/h1-8,11-12,14,18,24H,9-10,13,15H2,(H,31,33)(H,35,36)/b12-11+/t18-,24+/m1/s1. The first-order chi connectivity index (χ1) is 18.8. The number of nitriles is 1. The van der Waals surface area contributed by atoms with Gasteiger partial charge in [-0.05, 0) is 54.5 Å². The lowest BCUT2D eigenvalue weighted by atomic mass is 9.83. The molecule has 0 spiro atoms. The number of benzene rings is 2. The number of anilines is 2. The molecular formula is C29H23N3O5S2. The van der Waals surface area contributed by atoms with Crippen molar-refractivity contribution in [3.05, 3.63) is 88.3 Å². The predicted molar refractivity (Wildman–Crippen MR) is 149 cm³/mol. The van der Waals surface area contributed by atoms with E-state index in [1.807, 2.05) is 18.2 Å². The van der Waals surface area contributed by atoms with Gasteiger partial charge in [0, 0.05) is 34.0 Å². The number of thioether (sulfide) groups is 1. The molecular weight excluding hydrogens is 534 g/mol. The second-order valence-electron chi connectivity index (χ2n) is 9.21. The van der Waals surface area contributed by atoms with E-state index in [9.17, 15) is 24.4 Å². The summed E-state index contributed by atoms with van der Waals surface area (Å²) in [7, 11) is 0. The van der Waals surface area contributed by atoms with Crippen LogP contribution in [0.3, 0.4) is 0 Å². The van der Waals surface area contributed by atoms with Crippen LogP contribution >= 0.6 is 23.1 Å². The van der Waals surface area contributed by atoms with Crippen molar-refractivity contribution in [1.29, 1.82) is 5.26 Å². The van der Waals surface area contributed by atoms with Gasteiger partial charge in [0.2, 0.25) is 17.7 Å². The van der Waals surface area contributed by atoms with E-state index in [4.69, 9.17) is 5.11 Å². The number of nitrogens with zero attached hydrogens (tertiary/aromatic N) is 2. The van der Waals surface area contributed by atoms with Gasteiger partial charge in [-0.15, -0.1) is 23.1 Å². The summed E-state index contributed by atoms with van der Waals surface area (Å²) in [6.45, 7) is 0. The Morgan fingerprint density at radius 2 is 1.90 bits per heavy atom. The van der Waals surface area contributed by atoms with Gasteiger partial charge in [-0.25, -0.2) is 9.69 Å². The van der Waals surface area contributed by atoms with Crippen molar-refractivity contribution in [2.24, 2.45) is 0 Å². The Morgan fingerprint density at radius 1 is 1.10 bits per heavy atom. The maximum Gasteiger partial charge on any atom is 0.328 e. The number of hydrogen-bond donors (Lipinski definition) is 2. The van der Waals surface area contributed by atoms with Crippen LogP contribution in [-0.4, -0.2) is 34.0 Å². The summed E-state index contributed by atoms with van der Waals surface area (Å²) < 4.78 is 0. The van der Waals surface area contributed by atoms with Gasteiger partial charge in [0.25, 0.3) is 0 Å². The van der Waals surface area contributed by atoms with E-state index in [0.29, 0.717) is 27.1 Å². The van der Waals surface area contributed by atoms with Gasteiger partial charge in [-0.1, -0.05) is 36.4 Å². The fraction of sp³-hybridized carbons (Fsp3) is 0.207. The Kier molecular flexibility index (Phi) is 7.63. The van der Waals surface area contributed by atoms with Crippen LogP contribution in [0.5, 0.6) is 0 Å². The number of imide groups is 1. The van der Waals surface area contributed by atoms with Gasteiger partial charge in [-0.3, -0.25) is 14.4 Å². The summed E-state index contributed by atoms with van der Waals surface area (Å²) in [6.07, 6.45) is 4.05. The Morgan fingerprint density at radius 3 is 2.64 bits per heavy atom. The van der Waals surface area contributed by atoms with Crippen molar-refractivity contribution in [3.63, 3.8) is 0 Å². The molecule has 0 unspecified atom stereocenters. The van der Waals surface area contributed by atoms with Crippen LogP contribution in [0.2, 0.25) is 0 Å². The highest BCUT2D eigenvalue weighted by Gasteiger charge is 2.43. The molecule has 2 aliphatic rings. The zero-order chi connectivity index (χ0) is 27.5. The average Bonchev–Trinajstić information content (AvgIpc) is 3.42. The molecule has 2 N–H and O–H groups in total. The van der Waals surface area contributed by atoms with Crippen molar-refractivity contribution in [2.45, 2.75) is 41.7 Å². The zero-order valence-corrected chi connectivity index (χ0v) is 22.3. The molecule has 2 heterocycles. The van der Waals surface area contributed by atoms with Crippen molar-refractivity contribution >= 4 is 57.5 Å². The van der Waals surface area contributed by atoms with Gasteiger partial charge in [0.15, 0.2) is 0 Å². The highest BCUT2D eigenvalue weighted by Crippen LogP contribution is 2.46. The number of rotatable bonds is 7. The summed E-state index contributed by atoms with van der Waals surface area (Å²) in [5, 5.41) is 21.0. The van der Waals surface area contributed by atoms with Gasteiger partial charge in [-0.2, -0.15) is 5.26 Å². The number of carbonyl (C=O) groups excluding carboxylic acids is 3. The lowest BCUT2D eigenvalue weighted by Gasteiger charge is -2.22. The van der Waals surface area contributed by atoms with Crippen LogP contribution in [0.15, 0.2) is 71.6 Å². The van der Waals surface area contributed by atoms with E-state index >= 15 is 0 Å². The number of aliphatic carboxylic acids is 1. The number of amides is 3. The molecule has 2 aromatic carbocycles. The Labute approximate surface area is 232 Å². The molecule has 5 rings (SSSR count). The molecule has 8 nitrogen and oxygen atoms in total. The zero-order valence-electron chi connectivity index (χ0n) is 20.6. The second-order valence-corrected chi connectivity index (χ2v) is 11.6. The van der Waals surface area contributed by atoms with E-state index in [1.54, 1.807) is 24.3 Å². The third kappa shape index (κ3) is 5.65. The van der Waals surface area contributed by atoms with Crippen LogP contribution in [-0.2, 0) is 32.0 Å². The first kappa shape index (κ1) is 26.4. The molecule has 2 atom stereocenters. The van der Waals surface area contributed by atoms with E-state index in [1.165, 1.54) is 33.6 Å². The number of carbonyl (C=O) groups is 4. The third-order valence-electron chi connectivity index (χ3n) is 6.70. The molecule has 0 bridgehead atoms. The van der Waals surface area contributed by atoms with E-state index in [-0.39, 0.29) is 18.2 Å². The molecule has 196 valence electrons. The topological polar surface area (TPSA) is 128 Å². The maximum absolute atomic E-state index is 13.4. The van der Waals surface area contributed by atoms with Crippen LogP contribution in [0.25, 0.3) is 0 Å². The number of nitrogens with one attached hydrogen (secondary N) is 1. The third-order valence-corrected chi connectivity index (χ3v) is 9.11. The minimum absolute atomic E-state index is 0.00150. The molecule has 39 heavy (non-hydrogen) atoms. The Balaban J connectivity index is 1.33. The molecule has 0 saturated carbocycles. The highest BCUT2D eigenvalue weighted by atomic mass is 32.2. The smallest absolute Gasteiger partial charge is 0.328 e. The van der Waals surface area contributed by atoms with Gasteiger partial charge in [0.1, 0.15) is 11.1 Å². The van der Waals surface area contributed by atoms with Crippen LogP contribution in [0, 0.1) is 11.3 Å². The lowest BCUT2D eigenvalue weighted by Crippen LogP contribution is -2.31. The predicted octanol–water partition coefficient (Wildman–Crippen LogP) is 4.90. The quantitative estimate of drug-likeness (QED) is 0.313. The maximum atomic E-state index is 13.4. The lowest BCUT2D eigenvalue weighted by molar-refractivity contribution is -0.131. The minimum Gasteiger partial charge on any atom is -0.478 e. The summed E-state index contributed by atoms with van der Waals surface area (Å²) in [5.74, 6) is -2.20. The van der Waals surface area contributed by atoms with Crippen LogP contribution < -0.4 is 10.2 Å². The Bertz CT molecular complexity index is 1540. The normalized spacial score (nSPS) is 18.7. The molecule has 1 aromatic heterocycles. The van der Waals surface area contributed by atoms with Crippen molar-refractivity contribution < 1.29 is 24.3 Å². The van der Waals surface area contributed by atoms with E-state index in [0.717, 1.165) is 41.9 Å². The molecule has 3 amide bonds. The molecule has 1 saturated heterocycles. The van der Waals surface area contributed by atoms with Gasteiger partial charge in [0.05, 0.1) is 10.8 Å². The number of fused-ring (bicyclic) bond motifs is 1. The summed E-state index contributed by atoms with van der Waals surface area (Å²) in [5.41, 5.74) is 3.05. The van der Waals surface area contributed by atoms with Gasteiger partial charge >= 0.3 is 5.97 Å². The fourth-order valence-corrected chi connectivity index (χ4v) is 7.42. The molecule has 1 fully saturated rings.